The Morgan fingerprint density at radius 1 is 0.870 bits per heavy atom. The second-order valence-electron chi connectivity index (χ2n) is 17.3. The average Bonchev–Trinajstić information content (AvgIpc) is 3.33. The Morgan fingerprint density at radius 2 is 1.59 bits per heavy atom. The number of carbonyl (C=O) groups excluding carboxylic acids is 6. The number of hydrogen-bond donors (Lipinski definition) is 7. The maximum absolute atomic E-state index is 14.0. The molecule has 7 N–H and O–H groups in total. The molecule has 0 radical (unpaired) electrons. The predicted octanol–water partition coefficient (Wildman–Crippen LogP) is 2.41. The van der Waals surface area contributed by atoms with Crippen molar-refractivity contribution >= 4 is 40.8 Å². The number of ketones is 3. The highest BCUT2D eigenvalue weighted by molar-refractivity contribution is 6.31. The van der Waals surface area contributed by atoms with Crippen molar-refractivity contribution in [2.45, 2.75) is 88.2 Å². The lowest BCUT2D eigenvalue weighted by atomic mass is 9.72. The molecule has 6 atom stereocenters. The van der Waals surface area contributed by atoms with E-state index in [2.05, 4.69) is 22.5 Å². The molecule has 69 heavy (non-hydrogen) atoms. The van der Waals surface area contributed by atoms with Crippen molar-refractivity contribution in [3.63, 3.8) is 0 Å². The molecule has 18 heteroatoms. The Labute approximate surface area is 396 Å². The number of methoxy groups -OCH3 is 1. The first-order chi connectivity index (χ1) is 33.1. The van der Waals surface area contributed by atoms with Gasteiger partial charge in [-0.15, -0.1) is 0 Å². The van der Waals surface area contributed by atoms with Gasteiger partial charge in [-0.3, -0.25) is 28.8 Å². The van der Waals surface area contributed by atoms with Crippen molar-refractivity contribution < 1.29 is 73.2 Å². The number of nitrogens with one attached hydrogen (secondary N) is 2. The summed E-state index contributed by atoms with van der Waals surface area (Å²) in [5.41, 5.74) is -1.06. The maximum atomic E-state index is 14.0. The van der Waals surface area contributed by atoms with Gasteiger partial charge in [-0.25, -0.2) is 0 Å². The topological polar surface area (TPSA) is 268 Å². The minimum atomic E-state index is -2.37. The number of fused-ring (bicyclic) bond motifs is 5. The van der Waals surface area contributed by atoms with Gasteiger partial charge < -0.3 is 60.0 Å². The summed E-state index contributed by atoms with van der Waals surface area (Å²) >= 11 is 0. The second-order valence-corrected chi connectivity index (χ2v) is 17.3. The van der Waals surface area contributed by atoms with E-state index in [9.17, 15) is 54.3 Å². The number of rotatable bonds is 15. The van der Waals surface area contributed by atoms with Gasteiger partial charge in [-0.1, -0.05) is 54.3 Å². The van der Waals surface area contributed by atoms with Gasteiger partial charge in [0.1, 0.15) is 35.6 Å². The summed E-state index contributed by atoms with van der Waals surface area (Å²) < 4.78 is 23.1. The van der Waals surface area contributed by atoms with Crippen LogP contribution in [0.25, 0.3) is 0 Å². The summed E-state index contributed by atoms with van der Waals surface area (Å²) in [5.74, 6) is 1.07. The predicted molar refractivity (Wildman–Crippen MR) is 243 cm³/mol. The number of amides is 3. The summed E-state index contributed by atoms with van der Waals surface area (Å²) in [7, 11) is 1.30. The highest BCUT2D eigenvalue weighted by Crippen LogP contribution is 2.52. The molecule has 360 valence electrons. The van der Waals surface area contributed by atoms with Crippen LogP contribution in [-0.4, -0.2) is 124 Å². The summed E-state index contributed by atoms with van der Waals surface area (Å²) in [5, 5.41) is 61.4. The number of aliphatic hydroxyl groups is 3. The monoisotopic (exact) mass is 945 g/mol. The third-order valence-corrected chi connectivity index (χ3v) is 12.9. The van der Waals surface area contributed by atoms with Crippen molar-refractivity contribution in [3.8, 4) is 29.1 Å². The van der Waals surface area contributed by atoms with Crippen molar-refractivity contribution in [3.05, 3.63) is 117 Å². The van der Waals surface area contributed by atoms with Crippen molar-refractivity contribution in [1.29, 1.82) is 0 Å². The molecule has 3 amide bonds. The lowest BCUT2D eigenvalue weighted by Crippen LogP contribution is -2.56. The molecular weight excluding hydrogens is 895 g/mol. The molecule has 2 heterocycles. The Balaban J connectivity index is 0.854. The Morgan fingerprint density at radius 3 is 2.36 bits per heavy atom. The van der Waals surface area contributed by atoms with E-state index >= 15 is 0 Å². The summed E-state index contributed by atoms with van der Waals surface area (Å²) in [6, 6.07) is 18.3. The zero-order chi connectivity index (χ0) is 49.1. The minimum Gasteiger partial charge on any atom is -0.507 e. The lowest BCUT2D eigenvalue weighted by Gasteiger charge is -2.43. The largest absolute Gasteiger partial charge is 0.507 e. The third kappa shape index (κ3) is 9.70. The highest BCUT2D eigenvalue weighted by Gasteiger charge is 2.50. The zero-order valence-electron chi connectivity index (χ0n) is 37.8. The molecule has 0 bridgehead atoms. The average molecular weight is 946 g/mol. The Bertz CT molecular complexity index is 2800. The summed E-state index contributed by atoms with van der Waals surface area (Å²) in [6.07, 6.45) is -6.62. The normalized spacial score (nSPS) is 22.2. The van der Waals surface area contributed by atoms with Crippen LogP contribution in [0.15, 0.2) is 66.7 Å². The van der Waals surface area contributed by atoms with E-state index in [1.165, 1.54) is 32.2 Å². The molecule has 4 aromatic carbocycles. The molecular formula is C51H51N3O15. The molecule has 18 nitrogen and oxygen atoms in total. The molecule has 0 saturated carbocycles. The molecule has 2 aliphatic heterocycles. The molecule has 0 spiro atoms. The fourth-order valence-electron chi connectivity index (χ4n) is 9.32. The SMILES string of the molecule is COc1cccc2c1C(=O)c1c(O)c3c(c(O)c1C2=O)C[C@@](O)(C(=O)CO)C[C@@H]3OC1CC(NC(=O)CCOCCNC(=O)CCC(=O)N2Cc3ccccc3C#Cc3ccccc32)C(O)C(C)O1. The first-order valence-corrected chi connectivity index (χ1v) is 22.5. The Kier molecular flexibility index (Phi) is 14.3. The van der Waals surface area contributed by atoms with Gasteiger partial charge in [0, 0.05) is 72.9 Å². The number of phenols is 2. The minimum absolute atomic E-state index is 0.0403. The fraction of sp³-hybridized carbons (Fsp3) is 0.373. The molecule has 4 unspecified atom stereocenters. The van der Waals surface area contributed by atoms with Gasteiger partial charge in [-0.2, -0.15) is 0 Å². The Hall–Kier alpha value is -6.98. The highest BCUT2D eigenvalue weighted by atomic mass is 16.7. The number of para-hydroxylation sites is 1. The number of nitrogens with zero attached hydrogens (tertiary/aromatic N) is 1. The summed E-state index contributed by atoms with van der Waals surface area (Å²) in [6.45, 7) is 0.863. The first-order valence-electron chi connectivity index (χ1n) is 22.5. The summed E-state index contributed by atoms with van der Waals surface area (Å²) in [4.78, 5) is 81.8. The quantitative estimate of drug-likeness (QED) is 0.0452. The first kappa shape index (κ1) is 48.5. The van der Waals surface area contributed by atoms with Gasteiger partial charge in [-0.05, 0) is 36.8 Å². The van der Waals surface area contributed by atoms with Crippen molar-refractivity contribution in [2.24, 2.45) is 0 Å². The van der Waals surface area contributed by atoms with E-state index in [0.717, 1.165) is 11.1 Å². The van der Waals surface area contributed by atoms with E-state index in [1.807, 2.05) is 48.5 Å². The number of ether oxygens (including phenoxy) is 4. The molecule has 0 aromatic heterocycles. The number of phenolic OH excluding ortho intramolecular Hbond substituents is 2. The van der Waals surface area contributed by atoms with Gasteiger partial charge in [0.15, 0.2) is 17.9 Å². The number of Topliss-reactive ketones (excluding diaryl/α,β-unsaturated/α-hetero) is 1. The van der Waals surface area contributed by atoms with E-state index in [0.29, 0.717) is 17.8 Å². The van der Waals surface area contributed by atoms with Gasteiger partial charge in [0.2, 0.25) is 23.5 Å². The number of anilines is 1. The van der Waals surface area contributed by atoms with Crippen LogP contribution in [0.2, 0.25) is 0 Å². The molecule has 1 saturated heterocycles. The molecule has 4 aromatic rings. The number of hydrogen-bond acceptors (Lipinski definition) is 15. The van der Waals surface area contributed by atoms with Crippen LogP contribution < -0.4 is 20.3 Å². The second kappa shape index (κ2) is 20.3. The lowest BCUT2D eigenvalue weighted by molar-refractivity contribution is -0.249. The van der Waals surface area contributed by atoms with Crippen LogP contribution in [0.5, 0.6) is 17.2 Å². The number of aromatic hydroxyl groups is 2. The van der Waals surface area contributed by atoms with E-state index in [1.54, 1.807) is 4.90 Å². The fourth-order valence-corrected chi connectivity index (χ4v) is 9.32. The van der Waals surface area contributed by atoms with Crippen LogP contribution >= 0.6 is 0 Å². The number of carbonyl (C=O) groups is 6. The molecule has 2 aliphatic carbocycles. The van der Waals surface area contributed by atoms with E-state index in [-0.39, 0.29) is 85.3 Å². The number of aliphatic hydroxyl groups excluding tert-OH is 2. The van der Waals surface area contributed by atoms with Gasteiger partial charge in [0.25, 0.3) is 0 Å². The molecule has 4 aliphatic rings. The molecule has 1 fully saturated rings. The van der Waals surface area contributed by atoms with E-state index < -0.39 is 102 Å². The van der Waals surface area contributed by atoms with Crippen molar-refractivity contribution in [1.82, 2.24) is 10.6 Å². The standard InChI is InChI=1S/C51H51N3O15/c1-27-46(60)33(53-39(58)18-20-67-21-19-52-38(57)16-17-40(59)54-25-30-10-4-3-8-28(30)14-15-29-9-5-6-12-34(29)54)22-41(68-27)69-36-24-51(65,37(56)26-55)23-32-43(36)50(64)45-44(48(32)62)47(61)31-11-7-13-35(66-2)42(31)49(45)63/h3-13,27,33,36,41,46,55,60,62,64-65H,16-26H2,1-2H3,(H,52,57)(H,53,58)/t27?,33?,36-,41?,46?,51-/m0/s1. The van der Waals surface area contributed by atoms with Gasteiger partial charge >= 0.3 is 0 Å². The third-order valence-electron chi connectivity index (χ3n) is 12.9. The number of benzene rings is 4. The van der Waals surface area contributed by atoms with Crippen LogP contribution in [0.1, 0.15) is 105 Å². The zero-order valence-corrected chi connectivity index (χ0v) is 37.8. The van der Waals surface area contributed by atoms with Crippen LogP contribution in [0, 0.1) is 11.8 Å². The van der Waals surface area contributed by atoms with Gasteiger partial charge in [0.05, 0.1) is 67.5 Å². The maximum Gasteiger partial charge on any atom is 0.227 e. The van der Waals surface area contributed by atoms with Crippen LogP contribution in [0.4, 0.5) is 5.69 Å². The van der Waals surface area contributed by atoms with Crippen molar-refractivity contribution in [2.75, 3.05) is 38.4 Å². The van der Waals surface area contributed by atoms with Crippen LogP contribution in [0.3, 0.4) is 0 Å². The smallest absolute Gasteiger partial charge is 0.227 e. The van der Waals surface area contributed by atoms with E-state index in [4.69, 9.17) is 18.9 Å². The van der Waals surface area contributed by atoms with Crippen LogP contribution in [-0.2, 0) is 46.4 Å². The molecule has 8 rings (SSSR count).